The summed E-state index contributed by atoms with van der Waals surface area (Å²) in [6.07, 6.45) is 4.55. The molecule has 0 aliphatic heterocycles. The summed E-state index contributed by atoms with van der Waals surface area (Å²) >= 11 is 0. The number of aliphatic hydroxyl groups excluding tert-OH is 1. The SMILES string of the molecule is N#Cc1ccc(CN(CCCCO)C2CC2)cc1. The standard InChI is InChI=1S/C15H20N2O/c16-11-13-3-5-14(6-4-13)12-17(15-7-8-15)9-1-2-10-18/h3-6,15,18H,1-2,7-10,12H2. The summed E-state index contributed by atoms with van der Waals surface area (Å²) in [7, 11) is 0. The molecule has 1 aliphatic rings. The van der Waals surface area contributed by atoms with Gasteiger partial charge < -0.3 is 5.11 Å². The molecule has 96 valence electrons. The van der Waals surface area contributed by atoms with Crippen LogP contribution in [0.4, 0.5) is 0 Å². The maximum atomic E-state index is 8.83. The molecule has 0 heterocycles. The highest BCUT2D eigenvalue weighted by molar-refractivity contribution is 5.31. The highest BCUT2D eigenvalue weighted by Crippen LogP contribution is 2.28. The molecule has 1 aromatic rings. The lowest BCUT2D eigenvalue weighted by molar-refractivity contribution is 0.229. The van der Waals surface area contributed by atoms with Crippen molar-refractivity contribution < 1.29 is 5.11 Å². The van der Waals surface area contributed by atoms with Crippen LogP contribution in [0.15, 0.2) is 24.3 Å². The second-order valence-electron chi connectivity index (χ2n) is 4.94. The average Bonchev–Trinajstić information content (AvgIpc) is 3.23. The van der Waals surface area contributed by atoms with Gasteiger partial charge in [-0.05, 0) is 49.9 Å². The Bertz CT molecular complexity index is 403. The number of aliphatic hydroxyl groups is 1. The molecule has 0 amide bonds. The molecule has 0 atom stereocenters. The van der Waals surface area contributed by atoms with Crippen molar-refractivity contribution in [1.82, 2.24) is 4.90 Å². The van der Waals surface area contributed by atoms with Gasteiger partial charge in [0, 0.05) is 19.2 Å². The van der Waals surface area contributed by atoms with Gasteiger partial charge in [0.1, 0.15) is 0 Å². The average molecular weight is 244 g/mol. The molecule has 0 spiro atoms. The summed E-state index contributed by atoms with van der Waals surface area (Å²) in [5.41, 5.74) is 1.99. The van der Waals surface area contributed by atoms with Crippen LogP contribution >= 0.6 is 0 Å². The fourth-order valence-corrected chi connectivity index (χ4v) is 2.18. The smallest absolute Gasteiger partial charge is 0.0991 e. The van der Waals surface area contributed by atoms with Crippen LogP contribution < -0.4 is 0 Å². The third-order valence-corrected chi connectivity index (χ3v) is 3.39. The third kappa shape index (κ3) is 3.83. The fourth-order valence-electron chi connectivity index (χ4n) is 2.18. The molecular formula is C15H20N2O. The number of benzene rings is 1. The topological polar surface area (TPSA) is 47.3 Å². The maximum absolute atomic E-state index is 8.83. The first-order chi connectivity index (χ1) is 8.83. The molecule has 0 unspecified atom stereocenters. The number of unbranched alkanes of at least 4 members (excludes halogenated alkanes) is 1. The quantitative estimate of drug-likeness (QED) is 0.749. The minimum absolute atomic E-state index is 0.287. The summed E-state index contributed by atoms with van der Waals surface area (Å²) < 4.78 is 0. The fraction of sp³-hybridized carbons (Fsp3) is 0.533. The third-order valence-electron chi connectivity index (χ3n) is 3.39. The van der Waals surface area contributed by atoms with E-state index in [1.54, 1.807) is 0 Å². The summed E-state index contributed by atoms with van der Waals surface area (Å²) in [5.74, 6) is 0. The molecule has 2 rings (SSSR count). The molecule has 1 aliphatic carbocycles. The molecular weight excluding hydrogens is 224 g/mol. The van der Waals surface area contributed by atoms with Gasteiger partial charge in [0.25, 0.3) is 0 Å². The highest BCUT2D eigenvalue weighted by atomic mass is 16.2. The summed E-state index contributed by atoms with van der Waals surface area (Å²) in [5, 5.41) is 17.6. The maximum Gasteiger partial charge on any atom is 0.0991 e. The van der Waals surface area contributed by atoms with Crippen LogP contribution in [0.25, 0.3) is 0 Å². The van der Waals surface area contributed by atoms with E-state index in [1.165, 1.54) is 18.4 Å². The van der Waals surface area contributed by atoms with Crippen molar-refractivity contribution >= 4 is 0 Å². The first kappa shape index (κ1) is 13.1. The van der Waals surface area contributed by atoms with Gasteiger partial charge in [0.2, 0.25) is 0 Å². The number of hydrogen-bond acceptors (Lipinski definition) is 3. The van der Waals surface area contributed by atoms with Crippen molar-refractivity contribution in [2.45, 2.75) is 38.3 Å². The number of hydrogen-bond donors (Lipinski definition) is 1. The normalized spacial score (nSPS) is 14.7. The minimum atomic E-state index is 0.287. The Kier molecular flexibility index (Phi) is 4.74. The Morgan fingerprint density at radius 1 is 1.22 bits per heavy atom. The molecule has 1 fully saturated rings. The van der Waals surface area contributed by atoms with Crippen molar-refractivity contribution in [2.24, 2.45) is 0 Å². The Morgan fingerprint density at radius 2 is 1.94 bits per heavy atom. The van der Waals surface area contributed by atoms with E-state index in [4.69, 9.17) is 10.4 Å². The summed E-state index contributed by atoms with van der Waals surface area (Å²) in [6.45, 7) is 2.31. The van der Waals surface area contributed by atoms with E-state index in [0.29, 0.717) is 0 Å². The van der Waals surface area contributed by atoms with Crippen LogP contribution in [-0.4, -0.2) is 29.2 Å². The van der Waals surface area contributed by atoms with Gasteiger partial charge in [-0.25, -0.2) is 0 Å². The van der Waals surface area contributed by atoms with Gasteiger partial charge in [0.05, 0.1) is 11.6 Å². The van der Waals surface area contributed by atoms with E-state index >= 15 is 0 Å². The molecule has 1 N–H and O–H groups in total. The van der Waals surface area contributed by atoms with Crippen molar-refractivity contribution in [3.8, 4) is 6.07 Å². The number of nitriles is 1. The van der Waals surface area contributed by atoms with Gasteiger partial charge >= 0.3 is 0 Å². The molecule has 1 aromatic carbocycles. The Balaban J connectivity index is 1.89. The van der Waals surface area contributed by atoms with Crippen LogP contribution in [0, 0.1) is 11.3 Å². The van der Waals surface area contributed by atoms with Crippen molar-refractivity contribution in [1.29, 1.82) is 5.26 Å². The lowest BCUT2D eigenvalue weighted by atomic mass is 10.1. The lowest BCUT2D eigenvalue weighted by Gasteiger charge is -2.21. The van der Waals surface area contributed by atoms with Crippen LogP contribution in [0.5, 0.6) is 0 Å². The molecule has 18 heavy (non-hydrogen) atoms. The van der Waals surface area contributed by atoms with Gasteiger partial charge in [-0.3, -0.25) is 4.90 Å². The lowest BCUT2D eigenvalue weighted by Crippen LogP contribution is -2.26. The second kappa shape index (κ2) is 6.53. The zero-order valence-corrected chi connectivity index (χ0v) is 10.7. The van der Waals surface area contributed by atoms with E-state index in [-0.39, 0.29) is 6.61 Å². The monoisotopic (exact) mass is 244 g/mol. The largest absolute Gasteiger partial charge is 0.396 e. The van der Waals surface area contributed by atoms with Crippen molar-refractivity contribution in [2.75, 3.05) is 13.2 Å². The minimum Gasteiger partial charge on any atom is -0.396 e. The zero-order valence-electron chi connectivity index (χ0n) is 10.7. The molecule has 0 bridgehead atoms. The Labute approximate surface area is 109 Å². The molecule has 0 aromatic heterocycles. The summed E-state index contributed by atoms with van der Waals surface area (Å²) in [6, 6.07) is 10.7. The number of nitrogens with zero attached hydrogens (tertiary/aromatic N) is 2. The van der Waals surface area contributed by atoms with E-state index < -0.39 is 0 Å². The first-order valence-electron chi connectivity index (χ1n) is 6.67. The van der Waals surface area contributed by atoms with Gasteiger partial charge in [-0.1, -0.05) is 12.1 Å². The Morgan fingerprint density at radius 3 is 2.50 bits per heavy atom. The molecule has 3 nitrogen and oxygen atoms in total. The van der Waals surface area contributed by atoms with Gasteiger partial charge in [-0.2, -0.15) is 5.26 Å². The summed E-state index contributed by atoms with van der Waals surface area (Å²) in [4.78, 5) is 2.50. The van der Waals surface area contributed by atoms with Crippen molar-refractivity contribution in [3.05, 3.63) is 35.4 Å². The number of rotatable bonds is 7. The molecule has 1 saturated carbocycles. The van der Waals surface area contributed by atoms with Crippen LogP contribution in [0.2, 0.25) is 0 Å². The zero-order chi connectivity index (χ0) is 12.8. The van der Waals surface area contributed by atoms with Crippen LogP contribution in [-0.2, 0) is 6.54 Å². The van der Waals surface area contributed by atoms with E-state index in [9.17, 15) is 0 Å². The molecule has 0 saturated heterocycles. The van der Waals surface area contributed by atoms with Gasteiger partial charge in [-0.15, -0.1) is 0 Å². The molecule has 0 radical (unpaired) electrons. The van der Waals surface area contributed by atoms with Crippen LogP contribution in [0.1, 0.15) is 36.8 Å². The van der Waals surface area contributed by atoms with Gasteiger partial charge in [0.15, 0.2) is 0 Å². The Hall–Kier alpha value is -1.37. The second-order valence-corrected chi connectivity index (χ2v) is 4.94. The van der Waals surface area contributed by atoms with E-state index in [1.807, 2.05) is 24.3 Å². The van der Waals surface area contributed by atoms with Crippen molar-refractivity contribution in [3.63, 3.8) is 0 Å². The van der Waals surface area contributed by atoms with E-state index in [0.717, 1.165) is 37.5 Å². The molecule has 3 heteroatoms. The first-order valence-corrected chi connectivity index (χ1v) is 6.67. The van der Waals surface area contributed by atoms with Crippen LogP contribution in [0.3, 0.4) is 0 Å². The highest BCUT2D eigenvalue weighted by Gasteiger charge is 2.28. The predicted molar refractivity (Wildman–Crippen MR) is 70.9 cm³/mol. The van der Waals surface area contributed by atoms with E-state index in [2.05, 4.69) is 11.0 Å². The predicted octanol–water partition coefficient (Wildman–Crippen LogP) is 2.30.